The molecule has 0 aliphatic heterocycles. The van der Waals surface area contributed by atoms with E-state index in [1.165, 1.54) is 18.3 Å². The number of thiophene rings is 1. The highest BCUT2D eigenvalue weighted by atomic mass is 32.1. The highest BCUT2D eigenvalue weighted by Gasteiger charge is 2.29. The lowest BCUT2D eigenvalue weighted by Gasteiger charge is -2.18. The number of amides is 1. The highest BCUT2D eigenvalue weighted by molar-refractivity contribution is 7.17. The molecule has 0 radical (unpaired) electrons. The van der Waals surface area contributed by atoms with Gasteiger partial charge in [0.2, 0.25) is 5.91 Å². The van der Waals surface area contributed by atoms with Crippen LogP contribution < -0.4 is 10.9 Å². The molecule has 1 N–H and O–H groups in total. The van der Waals surface area contributed by atoms with Gasteiger partial charge in [-0.3, -0.25) is 24.3 Å². The number of nitrogens with one attached hydrogen (secondary N) is 1. The van der Waals surface area contributed by atoms with Crippen LogP contribution in [-0.2, 0) is 28.9 Å². The predicted octanol–water partition coefficient (Wildman–Crippen LogP) is 3.07. The van der Waals surface area contributed by atoms with Gasteiger partial charge in [0.15, 0.2) is 0 Å². The molecular formula is C20H23N3O6S. The molecule has 160 valence electrons. The van der Waals surface area contributed by atoms with E-state index < -0.39 is 28.9 Å². The van der Waals surface area contributed by atoms with Gasteiger partial charge in [-0.15, -0.1) is 11.3 Å². The van der Waals surface area contributed by atoms with Crippen molar-refractivity contribution in [2.24, 2.45) is 5.92 Å². The summed E-state index contributed by atoms with van der Waals surface area (Å²) in [5.41, 5.74) is 0.758. The van der Waals surface area contributed by atoms with E-state index in [1.54, 1.807) is 6.92 Å². The van der Waals surface area contributed by atoms with Crippen LogP contribution in [0.5, 0.6) is 0 Å². The van der Waals surface area contributed by atoms with Gasteiger partial charge in [0.05, 0.1) is 23.3 Å². The second-order valence-electron chi connectivity index (χ2n) is 7.39. The van der Waals surface area contributed by atoms with E-state index in [9.17, 15) is 24.5 Å². The van der Waals surface area contributed by atoms with Gasteiger partial charge in [0.1, 0.15) is 11.5 Å². The molecule has 1 unspecified atom stereocenters. The molecule has 0 fully saturated rings. The van der Waals surface area contributed by atoms with Gasteiger partial charge >= 0.3 is 5.97 Å². The van der Waals surface area contributed by atoms with E-state index in [4.69, 9.17) is 4.74 Å². The molecule has 9 nitrogen and oxygen atoms in total. The van der Waals surface area contributed by atoms with Gasteiger partial charge in [-0.05, 0) is 44.6 Å². The SMILES string of the molecule is CCOC(=O)c1c(NC(=O)Cn2cc([N+](=O)[O-])c(C)cc2=O)sc2c1CCC(C)C2. The summed E-state index contributed by atoms with van der Waals surface area (Å²) >= 11 is 1.35. The molecule has 0 saturated heterocycles. The first kappa shape index (κ1) is 21.7. The molecule has 0 bridgehead atoms. The fourth-order valence-corrected chi connectivity index (χ4v) is 4.96. The number of nitrogens with zero attached hydrogens (tertiary/aromatic N) is 2. The Morgan fingerprint density at radius 3 is 2.83 bits per heavy atom. The molecule has 3 rings (SSSR count). The molecule has 1 aliphatic rings. The van der Waals surface area contributed by atoms with E-state index in [0.717, 1.165) is 46.5 Å². The maximum atomic E-state index is 12.6. The number of carbonyl (C=O) groups excluding carboxylic acids is 2. The molecule has 0 saturated carbocycles. The van der Waals surface area contributed by atoms with Crippen LogP contribution in [0.1, 0.15) is 46.6 Å². The first-order valence-corrected chi connectivity index (χ1v) is 10.5. The number of ether oxygens (including phenoxy) is 1. The Kier molecular flexibility index (Phi) is 6.35. The molecule has 2 heterocycles. The number of aryl methyl sites for hydroxylation is 1. The smallest absolute Gasteiger partial charge is 0.341 e. The monoisotopic (exact) mass is 433 g/mol. The maximum Gasteiger partial charge on any atom is 0.341 e. The van der Waals surface area contributed by atoms with Crippen molar-refractivity contribution in [3.05, 3.63) is 54.3 Å². The number of pyridine rings is 1. The van der Waals surface area contributed by atoms with E-state index in [1.807, 2.05) is 0 Å². The summed E-state index contributed by atoms with van der Waals surface area (Å²) in [5.74, 6) is -0.545. The normalized spacial score (nSPS) is 15.4. The van der Waals surface area contributed by atoms with Gasteiger partial charge in [0.25, 0.3) is 11.2 Å². The fraction of sp³-hybridized carbons (Fsp3) is 0.450. The molecule has 2 aromatic rings. The lowest BCUT2D eigenvalue weighted by Crippen LogP contribution is -2.27. The summed E-state index contributed by atoms with van der Waals surface area (Å²) in [6.45, 7) is 5.14. The van der Waals surface area contributed by atoms with E-state index in [-0.39, 0.29) is 17.9 Å². The predicted molar refractivity (Wildman–Crippen MR) is 112 cm³/mol. The number of fused-ring (bicyclic) bond motifs is 1. The first-order valence-electron chi connectivity index (χ1n) is 9.68. The number of rotatable bonds is 6. The summed E-state index contributed by atoms with van der Waals surface area (Å²) in [4.78, 5) is 48.9. The number of anilines is 1. The lowest BCUT2D eigenvalue weighted by atomic mass is 9.88. The third-order valence-corrected chi connectivity index (χ3v) is 6.23. The molecule has 0 aromatic carbocycles. The minimum atomic E-state index is -0.601. The van der Waals surface area contributed by atoms with Gasteiger partial charge in [-0.1, -0.05) is 6.92 Å². The molecule has 10 heteroatoms. The number of nitro groups is 1. The van der Waals surface area contributed by atoms with Crippen molar-refractivity contribution in [3.8, 4) is 0 Å². The summed E-state index contributed by atoms with van der Waals surface area (Å²) in [6, 6.07) is 1.13. The zero-order chi connectivity index (χ0) is 22.0. The van der Waals surface area contributed by atoms with Gasteiger partial charge < -0.3 is 10.1 Å². The van der Waals surface area contributed by atoms with Crippen molar-refractivity contribution < 1.29 is 19.2 Å². The number of hydrogen-bond acceptors (Lipinski definition) is 7. The number of carbonyl (C=O) groups is 2. The molecule has 30 heavy (non-hydrogen) atoms. The zero-order valence-electron chi connectivity index (χ0n) is 17.0. The Morgan fingerprint density at radius 2 is 2.17 bits per heavy atom. The topological polar surface area (TPSA) is 121 Å². The summed E-state index contributed by atoms with van der Waals surface area (Å²) in [7, 11) is 0. The Hall–Kier alpha value is -3.01. The lowest BCUT2D eigenvalue weighted by molar-refractivity contribution is -0.385. The van der Waals surface area contributed by atoms with E-state index >= 15 is 0 Å². The summed E-state index contributed by atoms with van der Waals surface area (Å²) < 4.78 is 6.17. The maximum absolute atomic E-state index is 12.6. The van der Waals surface area contributed by atoms with Crippen LogP contribution in [0.25, 0.3) is 0 Å². The Morgan fingerprint density at radius 1 is 1.43 bits per heavy atom. The van der Waals surface area contributed by atoms with Gasteiger partial charge in [0, 0.05) is 16.5 Å². The molecule has 2 aromatic heterocycles. The van der Waals surface area contributed by atoms with Crippen LogP contribution in [-0.4, -0.2) is 28.0 Å². The standard InChI is InChI=1S/C20H23N3O6S/c1-4-29-20(26)18-13-6-5-11(2)7-15(13)30-19(18)21-16(24)10-22-9-14(23(27)28)12(3)8-17(22)25/h8-9,11H,4-7,10H2,1-3H3,(H,21,24). The quantitative estimate of drug-likeness (QED) is 0.425. The number of hydrogen-bond donors (Lipinski definition) is 1. The number of esters is 1. The minimum absolute atomic E-state index is 0.218. The fourth-order valence-electron chi connectivity index (χ4n) is 3.55. The van der Waals surface area contributed by atoms with Gasteiger partial charge in [-0.25, -0.2) is 4.79 Å². The van der Waals surface area contributed by atoms with E-state index in [2.05, 4.69) is 12.2 Å². The third-order valence-electron chi connectivity index (χ3n) is 5.06. The third kappa shape index (κ3) is 4.43. The average Bonchev–Trinajstić information content (AvgIpc) is 3.00. The Labute approximate surface area is 176 Å². The largest absolute Gasteiger partial charge is 0.462 e. The second-order valence-corrected chi connectivity index (χ2v) is 8.49. The van der Waals surface area contributed by atoms with E-state index in [0.29, 0.717) is 16.5 Å². The summed E-state index contributed by atoms with van der Waals surface area (Å²) in [5, 5.41) is 14.2. The van der Waals surface area contributed by atoms with Crippen LogP contribution in [0.2, 0.25) is 0 Å². The average molecular weight is 433 g/mol. The number of aromatic nitrogens is 1. The van der Waals surface area contributed by atoms with Crippen molar-refractivity contribution in [3.63, 3.8) is 0 Å². The van der Waals surface area contributed by atoms with Crippen LogP contribution in [0.15, 0.2) is 17.1 Å². The Balaban J connectivity index is 1.88. The van der Waals surface area contributed by atoms with Crippen molar-refractivity contribution in [2.75, 3.05) is 11.9 Å². The van der Waals surface area contributed by atoms with Crippen LogP contribution in [0.4, 0.5) is 10.7 Å². The second kappa shape index (κ2) is 8.78. The molecule has 1 amide bonds. The molecule has 0 spiro atoms. The van der Waals surface area contributed by atoms with Crippen LogP contribution in [0, 0.1) is 23.0 Å². The zero-order valence-corrected chi connectivity index (χ0v) is 17.8. The van der Waals surface area contributed by atoms with Crippen molar-refractivity contribution in [1.82, 2.24) is 4.57 Å². The van der Waals surface area contributed by atoms with Crippen LogP contribution in [0.3, 0.4) is 0 Å². The van der Waals surface area contributed by atoms with Crippen molar-refractivity contribution >= 4 is 33.9 Å². The van der Waals surface area contributed by atoms with Crippen molar-refractivity contribution in [1.29, 1.82) is 0 Å². The van der Waals surface area contributed by atoms with Crippen LogP contribution >= 0.6 is 11.3 Å². The Bertz CT molecular complexity index is 1070. The first-order chi connectivity index (χ1) is 14.2. The molecule has 1 atom stereocenters. The summed E-state index contributed by atoms with van der Waals surface area (Å²) in [6.07, 6.45) is 3.57. The van der Waals surface area contributed by atoms with Gasteiger partial charge in [-0.2, -0.15) is 0 Å². The molecule has 1 aliphatic carbocycles. The molecular weight excluding hydrogens is 410 g/mol. The highest BCUT2D eigenvalue weighted by Crippen LogP contribution is 2.40. The van der Waals surface area contributed by atoms with Crippen molar-refractivity contribution in [2.45, 2.75) is 46.6 Å². The minimum Gasteiger partial charge on any atom is -0.462 e.